The van der Waals surface area contributed by atoms with E-state index in [1.807, 2.05) is 19.9 Å². The minimum atomic E-state index is -0.141. The van der Waals surface area contributed by atoms with Crippen LogP contribution in [0.15, 0.2) is 11.6 Å². The second-order valence-corrected chi connectivity index (χ2v) is 5.74. The number of rotatable bonds is 3. The van der Waals surface area contributed by atoms with Crippen LogP contribution in [0.4, 0.5) is 0 Å². The Bertz CT molecular complexity index is 291. The van der Waals surface area contributed by atoms with Crippen LogP contribution in [0.5, 0.6) is 0 Å². The van der Waals surface area contributed by atoms with Crippen molar-refractivity contribution in [2.75, 3.05) is 0 Å². The van der Waals surface area contributed by atoms with Gasteiger partial charge in [0.05, 0.1) is 0 Å². The summed E-state index contributed by atoms with van der Waals surface area (Å²) >= 11 is 0. The number of ether oxygens (including phenoxy) is 1. The highest BCUT2D eigenvalue weighted by atomic mass is 16.5. The van der Waals surface area contributed by atoms with Crippen LogP contribution in [-0.2, 0) is 9.53 Å². The standard InChI is InChI=1S/C15H26O2/c1-6-12(5)15(16)17-14-9-11(4)7-8-13(14)10(2)3/h6,10-11,13-14H,7-9H2,1-5H3/b12-6+/t11-,13+,14-/m1/s1. The fraction of sp³-hybridized carbons (Fsp3) is 0.800. The van der Waals surface area contributed by atoms with Crippen LogP contribution in [0.3, 0.4) is 0 Å². The molecule has 1 rings (SSSR count). The summed E-state index contributed by atoms with van der Waals surface area (Å²) < 4.78 is 5.68. The SMILES string of the molecule is C/C=C(\C)C(=O)O[C@@H]1C[C@H](C)CC[C@H]1C(C)C. The molecule has 0 bridgehead atoms. The van der Waals surface area contributed by atoms with E-state index in [-0.39, 0.29) is 12.1 Å². The monoisotopic (exact) mass is 238 g/mol. The zero-order valence-corrected chi connectivity index (χ0v) is 11.8. The van der Waals surface area contributed by atoms with Crippen molar-refractivity contribution in [1.29, 1.82) is 0 Å². The molecule has 98 valence electrons. The van der Waals surface area contributed by atoms with E-state index in [4.69, 9.17) is 4.74 Å². The molecule has 0 aromatic rings. The predicted octanol–water partition coefficient (Wildman–Crippen LogP) is 3.96. The van der Waals surface area contributed by atoms with Gasteiger partial charge < -0.3 is 4.74 Å². The van der Waals surface area contributed by atoms with Crippen LogP contribution in [0.25, 0.3) is 0 Å². The summed E-state index contributed by atoms with van der Waals surface area (Å²) in [5, 5.41) is 0. The zero-order chi connectivity index (χ0) is 13.0. The lowest BCUT2D eigenvalue weighted by molar-refractivity contribution is -0.151. The van der Waals surface area contributed by atoms with Gasteiger partial charge in [0, 0.05) is 5.57 Å². The van der Waals surface area contributed by atoms with E-state index in [0.29, 0.717) is 23.3 Å². The lowest BCUT2D eigenvalue weighted by atomic mass is 9.75. The molecule has 0 spiro atoms. The van der Waals surface area contributed by atoms with Crippen molar-refractivity contribution in [2.24, 2.45) is 17.8 Å². The predicted molar refractivity (Wildman–Crippen MR) is 70.7 cm³/mol. The van der Waals surface area contributed by atoms with Crippen molar-refractivity contribution >= 4 is 5.97 Å². The molecule has 0 N–H and O–H groups in total. The maximum atomic E-state index is 11.8. The third-order valence-electron chi connectivity index (χ3n) is 3.97. The van der Waals surface area contributed by atoms with Gasteiger partial charge in [0.2, 0.25) is 0 Å². The fourth-order valence-electron chi connectivity index (χ4n) is 2.60. The Labute approximate surface area is 105 Å². The van der Waals surface area contributed by atoms with Gasteiger partial charge in [-0.05, 0) is 44.4 Å². The van der Waals surface area contributed by atoms with Crippen molar-refractivity contribution in [3.8, 4) is 0 Å². The van der Waals surface area contributed by atoms with Gasteiger partial charge in [0.1, 0.15) is 6.10 Å². The number of carbonyl (C=O) groups is 1. The third-order valence-corrected chi connectivity index (χ3v) is 3.97. The molecule has 0 radical (unpaired) electrons. The quantitative estimate of drug-likeness (QED) is 0.549. The molecule has 0 heterocycles. The largest absolute Gasteiger partial charge is 0.459 e. The van der Waals surface area contributed by atoms with Crippen LogP contribution in [0, 0.1) is 17.8 Å². The van der Waals surface area contributed by atoms with Gasteiger partial charge in [-0.2, -0.15) is 0 Å². The minimum absolute atomic E-state index is 0.112. The Morgan fingerprint density at radius 3 is 2.53 bits per heavy atom. The van der Waals surface area contributed by atoms with Crippen LogP contribution < -0.4 is 0 Å². The first-order chi connectivity index (χ1) is 7.95. The Kier molecular flexibility index (Phi) is 5.23. The van der Waals surface area contributed by atoms with E-state index >= 15 is 0 Å². The summed E-state index contributed by atoms with van der Waals surface area (Å²) in [5.74, 6) is 1.65. The van der Waals surface area contributed by atoms with Crippen LogP contribution in [-0.4, -0.2) is 12.1 Å². The van der Waals surface area contributed by atoms with Gasteiger partial charge in [0.15, 0.2) is 0 Å². The first-order valence-electron chi connectivity index (χ1n) is 6.79. The first-order valence-corrected chi connectivity index (χ1v) is 6.79. The molecule has 1 aliphatic carbocycles. The van der Waals surface area contributed by atoms with E-state index in [0.717, 1.165) is 6.42 Å². The molecule has 0 amide bonds. The number of hydrogen-bond acceptors (Lipinski definition) is 2. The van der Waals surface area contributed by atoms with Crippen molar-refractivity contribution in [2.45, 2.75) is 60.0 Å². The molecular weight excluding hydrogens is 212 g/mol. The molecule has 2 heteroatoms. The molecule has 0 unspecified atom stereocenters. The molecule has 1 aliphatic rings. The van der Waals surface area contributed by atoms with Gasteiger partial charge in [0.25, 0.3) is 0 Å². The van der Waals surface area contributed by atoms with Crippen molar-refractivity contribution in [3.05, 3.63) is 11.6 Å². The summed E-state index contributed by atoms with van der Waals surface area (Å²) in [5.41, 5.74) is 0.714. The highest BCUT2D eigenvalue weighted by Crippen LogP contribution is 2.35. The first kappa shape index (κ1) is 14.3. The molecule has 0 aliphatic heterocycles. The van der Waals surface area contributed by atoms with Crippen LogP contribution in [0.1, 0.15) is 53.9 Å². The lowest BCUT2D eigenvalue weighted by Gasteiger charge is -2.36. The molecule has 0 aromatic carbocycles. The fourth-order valence-corrected chi connectivity index (χ4v) is 2.60. The van der Waals surface area contributed by atoms with Gasteiger partial charge in [-0.25, -0.2) is 4.79 Å². The molecule has 1 fully saturated rings. The highest BCUT2D eigenvalue weighted by molar-refractivity contribution is 5.87. The number of carbonyl (C=O) groups excluding carboxylic acids is 1. The average molecular weight is 238 g/mol. The Hall–Kier alpha value is -0.790. The van der Waals surface area contributed by atoms with Crippen molar-refractivity contribution < 1.29 is 9.53 Å². The van der Waals surface area contributed by atoms with E-state index in [2.05, 4.69) is 20.8 Å². The maximum Gasteiger partial charge on any atom is 0.333 e. The number of esters is 1. The molecule has 2 nitrogen and oxygen atoms in total. The van der Waals surface area contributed by atoms with Crippen molar-refractivity contribution in [1.82, 2.24) is 0 Å². The lowest BCUT2D eigenvalue weighted by Crippen LogP contribution is -2.36. The van der Waals surface area contributed by atoms with Crippen LogP contribution >= 0.6 is 0 Å². The maximum absolute atomic E-state index is 11.8. The van der Waals surface area contributed by atoms with E-state index in [1.165, 1.54) is 12.8 Å². The topological polar surface area (TPSA) is 26.3 Å². The Balaban J connectivity index is 2.67. The summed E-state index contributed by atoms with van der Waals surface area (Å²) in [6.07, 6.45) is 5.40. The minimum Gasteiger partial charge on any atom is -0.459 e. The molecule has 0 aromatic heterocycles. The third kappa shape index (κ3) is 3.86. The summed E-state index contributed by atoms with van der Waals surface area (Å²) in [7, 11) is 0. The van der Waals surface area contributed by atoms with E-state index in [9.17, 15) is 4.79 Å². The van der Waals surface area contributed by atoms with E-state index in [1.54, 1.807) is 0 Å². The molecule has 0 saturated heterocycles. The van der Waals surface area contributed by atoms with Crippen molar-refractivity contribution in [3.63, 3.8) is 0 Å². The molecular formula is C15H26O2. The van der Waals surface area contributed by atoms with Crippen LogP contribution in [0.2, 0.25) is 0 Å². The Morgan fingerprint density at radius 2 is 2.00 bits per heavy atom. The molecule has 3 atom stereocenters. The highest BCUT2D eigenvalue weighted by Gasteiger charge is 2.33. The second-order valence-electron chi connectivity index (χ2n) is 5.74. The zero-order valence-electron chi connectivity index (χ0n) is 11.8. The van der Waals surface area contributed by atoms with E-state index < -0.39 is 0 Å². The summed E-state index contributed by atoms with van der Waals surface area (Å²) in [4.78, 5) is 11.8. The average Bonchev–Trinajstić information content (AvgIpc) is 2.27. The van der Waals surface area contributed by atoms with Gasteiger partial charge in [-0.15, -0.1) is 0 Å². The Morgan fingerprint density at radius 1 is 1.35 bits per heavy atom. The number of allylic oxidation sites excluding steroid dienone is 1. The smallest absolute Gasteiger partial charge is 0.333 e. The molecule has 1 saturated carbocycles. The second kappa shape index (κ2) is 6.23. The van der Waals surface area contributed by atoms with Gasteiger partial charge in [-0.3, -0.25) is 0 Å². The normalized spacial score (nSPS) is 30.5. The summed E-state index contributed by atoms with van der Waals surface area (Å²) in [6.45, 7) is 10.4. The van der Waals surface area contributed by atoms with Gasteiger partial charge in [-0.1, -0.05) is 33.3 Å². The van der Waals surface area contributed by atoms with Gasteiger partial charge >= 0.3 is 5.97 Å². The molecule has 17 heavy (non-hydrogen) atoms. The number of hydrogen-bond donors (Lipinski definition) is 0. The summed E-state index contributed by atoms with van der Waals surface area (Å²) in [6, 6.07) is 0.